The van der Waals surface area contributed by atoms with E-state index in [4.69, 9.17) is 14.6 Å². The maximum atomic E-state index is 11.3. The number of ether oxygens (including phenoxy) is 2. The van der Waals surface area contributed by atoms with E-state index in [1.165, 1.54) is 0 Å². The van der Waals surface area contributed by atoms with Crippen LogP contribution in [0.15, 0.2) is 0 Å². The molecule has 0 saturated carbocycles. The Balaban J connectivity index is 2.22. The highest BCUT2D eigenvalue weighted by molar-refractivity contribution is 5.76. The molecular formula is C10H16O5. The minimum absolute atomic E-state index is 0.130. The van der Waals surface area contributed by atoms with Crippen LogP contribution in [0.4, 0.5) is 0 Å². The monoisotopic (exact) mass is 216 g/mol. The van der Waals surface area contributed by atoms with Crippen molar-refractivity contribution in [3.8, 4) is 0 Å². The molecular weight excluding hydrogens is 200 g/mol. The third kappa shape index (κ3) is 3.87. The molecule has 1 aliphatic rings. The summed E-state index contributed by atoms with van der Waals surface area (Å²) in [6.07, 6.45) is 1.33. The normalized spacial score (nSPS) is 23.9. The molecule has 1 unspecified atom stereocenters. The molecule has 0 bridgehead atoms. The zero-order valence-corrected chi connectivity index (χ0v) is 8.99. The summed E-state index contributed by atoms with van der Waals surface area (Å²) in [5.74, 6) is -2.00. The van der Waals surface area contributed by atoms with Crippen molar-refractivity contribution in [2.24, 2.45) is 0 Å². The van der Waals surface area contributed by atoms with Gasteiger partial charge >= 0.3 is 11.9 Å². The second kappa shape index (κ2) is 4.61. The van der Waals surface area contributed by atoms with Gasteiger partial charge in [-0.05, 0) is 19.3 Å². The Morgan fingerprint density at radius 1 is 1.47 bits per heavy atom. The van der Waals surface area contributed by atoms with Crippen molar-refractivity contribution >= 4 is 11.9 Å². The van der Waals surface area contributed by atoms with Crippen LogP contribution in [0.3, 0.4) is 0 Å². The van der Waals surface area contributed by atoms with Gasteiger partial charge in [0.05, 0.1) is 0 Å². The molecule has 0 aliphatic carbocycles. The maximum Gasteiger partial charge on any atom is 0.337 e. The number of aliphatic carboxylic acids is 1. The lowest BCUT2D eigenvalue weighted by molar-refractivity contribution is -0.161. The van der Waals surface area contributed by atoms with Gasteiger partial charge in [0, 0.05) is 20.3 Å². The molecule has 1 heterocycles. The topological polar surface area (TPSA) is 72.8 Å². The first-order valence-corrected chi connectivity index (χ1v) is 5.03. The number of hydrogen-bond donors (Lipinski definition) is 1. The summed E-state index contributed by atoms with van der Waals surface area (Å²) in [4.78, 5) is 21.5. The summed E-state index contributed by atoms with van der Waals surface area (Å²) in [5.41, 5.74) is 0. The highest BCUT2D eigenvalue weighted by Gasteiger charge is 2.40. The standard InChI is InChI=1S/C10H16O5/c1-10(2)14-7(9(13)15-10)5-3-4-6-8(11)12/h7H,3-6H2,1-2H3,(H,11,12). The third-order valence-electron chi connectivity index (χ3n) is 2.14. The summed E-state index contributed by atoms with van der Waals surface area (Å²) < 4.78 is 10.3. The number of carbonyl (C=O) groups excluding carboxylic acids is 1. The Kier molecular flexibility index (Phi) is 3.68. The second-order valence-electron chi connectivity index (χ2n) is 4.07. The van der Waals surface area contributed by atoms with Crippen molar-refractivity contribution in [1.29, 1.82) is 0 Å². The SMILES string of the molecule is CC1(C)OC(=O)C(CCCCC(=O)O)O1. The van der Waals surface area contributed by atoms with E-state index in [1.807, 2.05) is 0 Å². The fourth-order valence-corrected chi connectivity index (χ4v) is 1.51. The molecule has 0 aromatic heterocycles. The number of carboxylic acids is 1. The second-order valence-corrected chi connectivity index (χ2v) is 4.07. The van der Waals surface area contributed by atoms with Gasteiger partial charge in [0.15, 0.2) is 6.10 Å². The van der Waals surface area contributed by atoms with Crippen molar-refractivity contribution in [2.75, 3.05) is 0 Å². The van der Waals surface area contributed by atoms with Crippen molar-refractivity contribution in [3.63, 3.8) is 0 Å². The van der Waals surface area contributed by atoms with E-state index in [0.29, 0.717) is 19.3 Å². The number of esters is 1. The molecule has 0 radical (unpaired) electrons. The molecule has 0 aromatic carbocycles. The largest absolute Gasteiger partial charge is 0.481 e. The molecule has 15 heavy (non-hydrogen) atoms. The van der Waals surface area contributed by atoms with Gasteiger partial charge in [0.1, 0.15) is 0 Å². The average molecular weight is 216 g/mol. The van der Waals surface area contributed by atoms with Crippen LogP contribution in [0.25, 0.3) is 0 Å². The highest BCUT2D eigenvalue weighted by Crippen LogP contribution is 2.26. The number of unbranched alkanes of at least 4 members (excludes halogenated alkanes) is 1. The molecule has 1 rings (SSSR count). The zero-order valence-electron chi connectivity index (χ0n) is 8.99. The average Bonchev–Trinajstić information content (AvgIpc) is 2.33. The van der Waals surface area contributed by atoms with E-state index in [1.54, 1.807) is 13.8 Å². The lowest BCUT2D eigenvalue weighted by Gasteiger charge is -2.15. The molecule has 1 N–H and O–H groups in total. The van der Waals surface area contributed by atoms with E-state index >= 15 is 0 Å². The fraction of sp³-hybridized carbons (Fsp3) is 0.800. The van der Waals surface area contributed by atoms with Crippen LogP contribution in [0, 0.1) is 0 Å². The van der Waals surface area contributed by atoms with Crippen LogP contribution >= 0.6 is 0 Å². The first-order valence-electron chi connectivity index (χ1n) is 5.03. The minimum Gasteiger partial charge on any atom is -0.481 e. The molecule has 0 aromatic rings. The van der Waals surface area contributed by atoms with Crippen LogP contribution in [0.2, 0.25) is 0 Å². The zero-order chi connectivity index (χ0) is 11.5. The van der Waals surface area contributed by atoms with Gasteiger partial charge in [-0.3, -0.25) is 4.79 Å². The number of carboxylic acid groups (broad SMARTS) is 1. The molecule has 1 fully saturated rings. The first-order chi connectivity index (χ1) is 6.91. The van der Waals surface area contributed by atoms with Crippen LogP contribution in [0.1, 0.15) is 39.5 Å². The van der Waals surface area contributed by atoms with Gasteiger partial charge in [0.2, 0.25) is 5.79 Å². The molecule has 5 nitrogen and oxygen atoms in total. The fourth-order valence-electron chi connectivity index (χ4n) is 1.51. The Morgan fingerprint density at radius 2 is 2.13 bits per heavy atom. The Morgan fingerprint density at radius 3 is 2.60 bits per heavy atom. The van der Waals surface area contributed by atoms with Crippen molar-refractivity contribution in [3.05, 3.63) is 0 Å². The molecule has 1 aliphatic heterocycles. The molecule has 86 valence electrons. The van der Waals surface area contributed by atoms with Gasteiger partial charge in [0.25, 0.3) is 0 Å². The summed E-state index contributed by atoms with van der Waals surface area (Å²) in [6, 6.07) is 0. The lowest BCUT2D eigenvalue weighted by Crippen LogP contribution is -2.21. The van der Waals surface area contributed by atoms with Crippen LogP contribution in [-0.4, -0.2) is 28.9 Å². The van der Waals surface area contributed by atoms with E-state index < -0.39 is 17.9 Å². The minimum atomic E-state index is -0.839. The van der Waals surface area contributed by atoms with E-state index in [9.17, 15) is 9.59 Å². The van der Waals surface area contributed by atoms with Gasteiger partial charge in [-0.15, -0.1) is 0 Å². The van der Waals surface area contributed by atoms with Gasteiger partial charge in [-0.25, -0.2) is 4.79 Å². The Hall–Kier alpha value is -1.10. The maximum absolute atomic E-state index is 11.3. The predicted octanol–water partition coefficient (Wildman–Crippen LogP) is 1.31. The molecule has 1 atom stereocenters. The van der Waals surface area contributed by atoms with Gasteiger partial charge in [-0.1, -0.05) is 0 Å². The van der Waals surface area contributed by atoms with Gasteiger partial charge in [-0.2, -0.15) is 0 Å². The number of rotatable bonds is 5. The third-order valence-corrected chi connectivity index (χ3v) is 2.14. The summed E-state index contributed by atoms with van der Waals surface area (Å²) >= 11 is 0. The van der Waals surface area contributed by atoms with Crippen LogP contribution in [-0.2, 0) is 19.1 Å². The predicted molar refractivity (Wildman–Crippen MR) is 51.1 cm³/mol. The quantitative estimate of drug-likeness (QED) is 0.554. The Bertz CT molecular complexity index is 259. The highest BCUT2D eigenvalue weighted by atomic mass is 16.8. The summed E-state index contributed by atoms with van der Waals surface area (Å²) in [7, 11) is 0. The summed E-state index contributed by atoms with van der Waals surface area (Å²) in [5, 5.41) is 8.42. The molecule has 5 heteroatoms. The van der Waals surface area contributed by atoms with E-state index in [0.717, 1.165) is 0 Å². The van der Waals surface area contributed by atoms with Crippen molar-refractivity contribution in [2.45, 2.75) is 51.4 Å². The Labute approximate surface area is 88.4 Å². The number of hydrogen-bond acceptors (Lipinski definition) is 4. The molecule has 0 amide bonds. The lowest BCUT2D eigenvalue weighted by atomic mass is 10.1. The number of carbonyl (C=O) groups is 2. The number of cyclic esters (lactones) is 1. The molecule has 1 saturated heterocycles. The van der Waals surface area contributed by atoms with Gasteiger partial charge < -0.3 is 14.6 Å². The van der Waals surface area contributed by atoms with Crippen LogP contribution < -0.4 is 0 Å². The van der Waals surface area contributed by atoms with Crippen molar-refractivity contribution in [1.82, 2.24) is 0 Å². The smallest absolute Gasteiger partial charge is 0.337 e. The van der Waals surface area contributed by atoms with Crippen LogP contribution in [0.5, 0.6) is 0 Å². The summed E-state index contributed by atoms with van der Waals surface area (Å²) in [6.45, 7) is 3.37. The van der Waals surface area contributed by atoms with E-state index in [-0.39, 0.29) is 12.4 Å². The van der Waals surface area contributed by atoms with Crippen molar-refractivity contribution < 1.29 is 24.2 Å². The van der Waals surface area contributed by atoms with E-state index in [2.05, 4.69) is 0 Å². The first kappa shape index (κ1) is 12.0. The molecule has 0 spiro atoms.